The molecule has 9 heteroatoms. The second kappa shape index (κ2) is 9.28. The van der Waals surface area contributed by atoms with E-state index in [2.05, 4.69) is 15.5 Å². The predicted octanol–water partition coefficient (Wildman–Crippen LogP) is 3.97. The van der Waals surface area contributed by atoms with Crippen molar-refractivity contribution in [2.75, 3.05) is 12.5 Å². The number of carbonyl (C=O) groups is 1. The average Bonchev–Trinajstić information content (AvgIpc) is 2.75. The van der Waals surface area contributed by atoms with E-state index < -0.39 is 10.9 Å². The van der Waals surface area contributed by atoms with Gasteiger partial charge in [-0.3, -0.25) is 15.5 Å². The third-order valence-electron chi connectivity index (χ3n) is 4.03. The second-order valence-corrected chi connectivity index (χ2v) is 6.19. The van der Waals surface area contributed by atoms with Gasteiger partial charge in [-0.05, 0) is 48.9 Å². The molecule has 0 fully saturated rings. The van der Waals surface area contributed by atoms with Crippen molar-refractivity contribution in [1.29, 1.82) is 0 Å². The van der Waals surface area contributed by atoms with E-state index in [1.54, 1.807) is 30.3 Å². The third-order valence-corrected chi connectivity index (χ3v) is 4.03. The number of methoxy groups -OCH3 is 1. The quantitative estimate of drug-likeness (QED) is 0.207. The van der Waals surface area contributed by atoms with Crippen molar-refractivity contribution in [3.8, 4) is 11.5 Å². The lowest BCUT2D eigenvalue weighted by Gasteiger charge is -2.10. The Balaban J connectivity index is 1.67. The van der Waals surface area contributed by atoms with E-state index in [1.807, 2.05) is 19.1 Å². The summed E-state index contributed by atoms with van der Waals surface area (Å²) in [5.74, 6) is 0.520. The summed E-state index contributed by atoms with van der Waals surface area (Å²) in [5, 5.41) is 14.7. The van der Waals surface area contributed by atoms with Crippen LogP contribution in [-0.2, 0) is 0 Å². The molecule has 0 radical (unpaired) electrons. The molecule has 0 aliphatic heterocycles. The van der Waals surface area contributed by atoms with Gasteiger partial charge in [-0.2, -0.15) is 5.10 Å². The molecule has 0 unspecified atom stereocenters. The summed E-state index contributed by atoms with van der Waals surface area (Å²) >= 11 is 0. The Bertz CT molecular complexity index is 1080. The fourth-order valence-corrected chi connectivity index (χ4v) is 2.43. The van der Waals surface area contributed by atoms with Crippen LogP contribution in [0, 0.1) is 17.0 Å². The Labute approximate surface area is 172 Å². The van der Waals surface area contributed by atoms with Crippen LogP contribution in [0.2, 0.25) is 0 Å². The largest absolute Gasteiger partial charge is 0.493 e. The fraction of sp³-hybridized carbons (Fsp3) is 0.0952. The highest BCUT2D eigenvalue weighted by molar-refractivity contribution is 5.91. The van der Waals surface area contributed by atoms with E-state index >= 15 is 0 Å². The van der Waals surface area contributed by atoms with Gasteiger partial charge in [-0.15, -0.1) is 0 Å². The molecule has 0 saturated heterocycles. The molecule has 1 N–H and O–H groups in total. The zero-order chi connectivity index (χ0) is 21.5. The third kappa shape index (κ3) is 5.16. The highest BCUT2D eigenvalue weighted by atomic mass is 16.6. The maximum Gasteiger partial charge on any atom is 0.343 e. The summed E-state index contributed by atoms with van der Waals surface area (Å²) in [4.78, 5) is 26.3. The van der Waals surface area contributed by atoms with E-state index in [1.165, 1.54) is 25.5 Å². The summed E-state index contributed by atoms with van der Waals surface area (Å²) in [6.07, 6.45) is 2.65. The lowest BCUT2D eigenvalue weighted by atomic mass is 10.1. The van der Waals surface area contributed by atoms with E-state index in [0.717, 1.165) is 11.8 Å². The van der Waals surface area contributed by atoms with Gasteiger partial charge in [0.25, 0.3) is 5.69 Å². The first kappa shape index (κ1) is 20.5. The van der Waals surface area contributed by atoms with Gasteiger partial charge in [0, 0.05) is 6.07 Å². The zero-order valence-corrected chi connectivity index (χ0v) is 16.2. The lowest BCUT2D eigenvalue weighted by molar-refractivity contribution is -0.385. The molecule has 30 heavy (non-hydrogen) atoms. The minimum absolute atomic E-state index is 0.106. The summed E-state index contributed by atoms with van der Waals surface area (Å²) in [7, 11) is 1.47. The summed E-state index contributed by atoms with van der Waals surface area (Å²) in [5.41, 5.74) is 4.73. The number of nitro groups is 1. The molecule has 3 rings (SSSR count). The Morgan fingerprint density at radius 1 is 1.13 bits per heavy atom. The van der Waals surface area contributed by atoms with Crippen molar-refractivity contribution in [2.45, 2.75) is 6.92 Å². The lowest BCUT2D eigenvalue weighted by Crippen LogP contribution is -2.09. The molecule has 0 amide bonds. The summed E-state index contributed by atoms with van der Waals surface area (Å²) in [6.45, 7) is 1.94. The zero-order valence-electron chi connectivity index (χ0n) is 16.2. The molecule has 9 nitrogen and oxygen atoms in total. The number of hydrazone groups is 1. The molecule has 0 saturated carbocycles. The number of anilines is 1. The van der Waals surface area contributed by atoms with E-state index in [9.17, 15) is 14.9 Å². The van der Waals surface area contributed by atoms with Gasteiger partial charge in [0.15, 0.2) is 11.5 Å². The van der Waals surface area contributed by atoms with E-state index in [0.29, 0.717) is 22.7 Å². The van der Waals surface area contributed by atoms with Crippen molar-refractivity contribution in [3.05, 3.63) is 87.6 Å². The van der Waals surface area contributed by atoms with Gasteiger partial charge in [-0.1, -0.05) is 17.7 Å². The van der Waals surface area contributed by atoms with E-state index in [-0.39, 0.29) is 11.4 Å². The Morgan fingerprint density at radius 2 is 1.90 bits per heavy atom. The molecule has 3 aromatic rings. The molecular formula is C21H18N4O5. The van der Waals surface area contributed by atoms with Crippen LogP contribution in [0.3, 0.4) is 0 Å². The average molecular weight is 406 g/mol. The van der Waals surface area contributed by atoms with Gasteiger partial charge >= 0.3 is 5.97 Å². The van der Waals surface area contributed by atoms with Crippen LogP contribution in [0.4, 0.5) is 11.5 Å². The maximum absolute atomic E-state index is 12.3. The first-order valence-corrected chi connectivity index (χ1v) is 8.82. The smallest absolute Gasteiger partial charge is 0.343 e. The van der Waals surface area contributed by atoms with Gasteiger partial charge < -0.3 is 9.47 Å². The van der Waals surface area contributed by atoms with Crippen LogP contribution >= 0.6 is 0 Å². The first-order chi connectivity index (χ1) is 14.5. The molecule has 152 valence electrons. The normalized spacial score (nSPS) is 10.6. The van der Waals surface area contributed by atoms with Crippen molar-refractivity contribution in [2.24, 2.45) is 5.10 Å². The summed E-state index contributed by atoms with van der Waals surface area (Å²) in [6, 6.07) is 14.8. The minimum atomic E-state index is -0.528. The van der Waals surface area contributed by atoms with Crippen molar-refractivity contribution >= 4 is 23.7 Å². The molecule has 1 heterocycles. The Kier molecular flexibility index (Phi) is 6.33. The molecule has 0 aliphatic rings. The number of rotatable bonds is 7. The number of ether oxygens (including phenoxy) is 2. The molecule has 0 aliphatic carbocycles. The van der Waals surface area contributed by atoms with E-state index in [4.69, 9.17) is 9.47 Å². The van der Waals surface area contributed by atoms with Gasteiger partial charge in [0.05, 0.1) is 23.8 Å². The van der Waals surface area contributed by atoms with Crippen LogP contribution < -0.4 is 14.9 Å². The number of aromatic nitrogens is 1. The standard InChI is InChI=1S/C21H18N4O5/c1-14-3-6-16(7-4-14)21(26)30-18-9-5-15(11-19(18)29-2)12-23-24-20-10-8-17(13-22-20)25(27)28/h3-13H,1-2H3,(H,22,24). The number of aryl methyl sites for hydroxylation is 1. The van der Waals surface area contributed by atoms with Crippen LogP contribution in [0.25, 0.3) is 0 Å². The van der Waals surface area contributed by atoms with Crippen molar-refractivity contribution in [1.82, 2.24) is 4.98 Å². The van der Waals surface area contributed by atoms with Crippen molar-refractivity contribution < 1.29 is 19.2 Å². The molecule has 0 atom stereocenters. The van der Waals surface area contributed by atoms with Gasteiger partial charge in [-0.25, -0.2) is 9.78 Å². The van der Waals surface area contributed by atoms with Gasteiger partial charge in [0.1, 0.15) is 12.0 Å². The number of carbonyl (C=O) groups excluding carboxylic acids is 1. The number of hydrogen-bond acceptors (Lipinski definition) is 8. The molecule has 0 spiro atoms. The number of nitrogens with zero attached hydrogens (tertiary/aromatic N) is 3. The Morgan fingerprint density at radius 3 is 2.53 bits per heavy atom. The minimum Gasteiger partial charge on any atom is -0.493 e. The van der Waals surface area contributed by atoms with Crippen LogP contribution in [0.15, 0.2) is 65.9 Å². The number of esters is 1. The topological polar surface area (TPSA) is 116 Å². The van der Waals surface area contributed by atoms with Gasteiger partial charge in [0.2, 0.25) is 0 Å². The predicted molar refractivity (Wildman–Crippen MR) is 111 cm³/mol. The fourth-order valence-electron chi connectivity index (χ4n) is 2.43. The number of pyridine rings is 1. The SMILES string of the molecule is COc1cc(C=NNc2ccc([N+](=O)[O-])cn2)ccc1OC(=O)c1ccc(C)cc1. The number of benzene rings is 2. The monoisotopic (exact) mass is 406 g/mol. The van der Waals surface area contributed by atoms with Crippen LogP contribution in [-0.4, -0.2) is 29.2 Å². The molecular weight excluding hydrogens is 388 g/mol. The highest BCUT2D eigenvalue weighted by Gasteiger charge is 2.12. The number of hydrogen-bond donors (Lipinski definition) is 1. The van der Waals surface area contributed by atoms with Crippen LogP contribution in [0.1, 0.15) is 21.5 Å². The molecule has 2 aromatic carbocycles. The van der Waals surface area contributed by atoms with Crippen molar-refractivity contribution in [3.63, 3.8) is 0 Å². The highest BCUT2D eigenvalue weighted by Crippen LogP contribution is 2.28. The maximum atomic E-state index is 12.3. The molecule has 0 bridgehead atoms. The second-order valence-electron chi connectivity index (χ2n) is 6.19. The summed E-state index contributed by atoms with van der Waals surface area (Å²) < 4.78 is 10.7. The van der Waals surface area contributed by atoms with Crippen LogP contribution in [0.5, 0.6) is 11.5 Å². The molecule has 1 aromatic heterocycles. The Hall–Kier alpha value is -4.27. The first-order valence-electron chi connectivity index (χ1n) is 8.82. The number of nitrogens with one attached hydrogen (secondary N) is 1.